The van der Waals surface area contributed by atoms with Gasteiger partial charge in [-0.15, -0.1) is 0 Å². The molecule has 1 aliphatic heterocycles. The summed E-state index contributed by atoms with van der Waals surface area (Å²) in [4.78, 5) is 54.3. The predicted octanol–water partition coefficient (Wildman–Crippen LogP) is 0.351. The van der Waals surface area contributed by atoms with Gasteiger partial charge in [0, 0.05) is 19.1 Å². The number of nitrogens with zero attached hydrogens (tertiary/aromatic N) is 2. The molecule has 0 saturated carbocycles. The molecule has 2 aromatic heterocycles. The van der Waals surface area contributed by atoms with Gasteiger partial charge in [0.1, 0.15) is 11.6 Å². The summed E-state index contributed by atoms with van der Waals surface area (Å²) in [5.74, 6) is -0.434. The van der Waals surface area contributed by atoms with Crippen molar-refractivity contribution in [1.82, 2.24) is 19.1 Å². The first-order chi connectivity index (χ1) is 12.8. The van der Waals surface area contributed by atoms with Gasteiger partial charge in [0.25, 0.3) is 11.1 Å². The molecule has 4 rings (SSSR count). The molecule has 1 aromatic carbocycles. The molecule has 1 aliphatic rings. The van der Waals surface area contributed by atoms with E-state index in [9.17, 15) is 19.2 Å². The highest BCUT2D eigenvalue weighted by molar-refractivity contribution is 6.30. The van der Waals surface area contributed by atoms with Gasteiger partial charge in [0.15, 0.2) is 0 Å². The number of aromatic nitrogens is 4. The minimum atomic E-state index is -0.792. The van der Waals surface area contributed by atoms with E-state index in [-0.39, 0.29) is 22.8 Å². The second-order valence-electron chi connectivity index (χ2n) is 6.27. The molecule has 0 saturated heterocycles. The highest BCUT2D eigenvalue weighted by Gasteiger charge is 2.35. The number of benzene rings is 1. The van der Waals surface area contributed by atoms with Gasteiger partial charge in [-0.05, 0) is 17.7 Å². The molecule has 0 radical (unpaired) electrons. The Kier molecular flexibility index (Phi) is 3.70. The van der Waals surface area contributed by atoms with Crippen LogP contribution in [0.5, 0.6) is 0 Å². The number of aromatic amines is 2. The average molecular weight is 388 g/mol. The van der Waals surface area contributed by atoms with Crippen molar-refractivity contribution in [1.29, 1.82) is 0 Å². The lowest BCUT2D eigenvalue weighted by molar-refractivity contribution is 0.664. The van der Waals surface area contributed by atoms with E-state index < -0.39 is 28.4 Å². The van der Waals surface area contributed by atoms with Gasteiger partial charge in [-0.25, -0.2) is 9.59 Å². The maximum absolute atomic E-state index is 12.9. The van der Waals surface area contributed by atoms with E-state index in [1.165, 1.54) is 18.7 Å². The molecule has 9 nitrogen and oxygen atoms in total. The fourth-order valence-electron chi connectivity index (χ4n) is 3.40. The smallest absolute Gasteiger partial charge is 0.327 e. The molecule has 3 aromatic rings. The number of fused-ring (bicyclic) bond motifs is 2. The van der Waals surface area contributed by atoms with Crippen LogP contribution in [0.15, 0.2) is 43.4 Å². The average Bonchev–Trinajstić information content (AvgIpc) is 2.63. The van der Waals surface area contributed by atoms with E-state index in [0.717, 1.165) is 4.57 Å². The topological polar surface area (TPSA) is 122 Å². The quantitative estimate of drug-likeness (QED) is 0.435. The number of anilines is 2. The van der Waals surface area contributed by atoms with Crippen LogP contribution in [-0.2, 0) is 14.1 Å². The van der Waals surface area contributed by atoms with Gasteiger partial charge in [-0.1, -0.05) is 23.7 Å². The molecular formula is C17H14ClN5O4. The van der Waals surface area contributed by atoms with Gasteiger partial charge < -0.3 is 5.32 Å². The Morgan fingerprint density at radius 3 is 2.26 bits per heavy atom. The highest BCUT2D eigenvalue weighted by atomic mass is 35.5. The Hall–Kier alpha value is -3.33. The molecular weight excluding hydrogens is 374 g/mol. The second-order valence-corrected chi connectivity index (χ2v) is 6.71. The monoisotopic (exact) mass is 387 g/mol. The van der Waals surface area contributed by atoms with Crippen molar-refractivity contribution in [2.75, 3.05) is 5.32 Å². The molecule has 3 N–H and O–H groups in total. The molecule has 10 heteroatoms. The van der Waals surface area contributed by atoms with E-state index >= 15 is 0 Å². The lowest BCUT2D eigenvalue weighted by atomic mass is 9.84. The normalized spacial score (nSPS) is 15.0. The standard InChI is InChI=1S/C17H14ClN5O4/c1-22-13-11(15(25)23(2)17(22)27)9(7-3-5-8(18)6-4-7)10-12(19-13)20-16(26)21-14(10)24/h3-6,9H,1-2H3,(H3,19,20,21,24,26). The van der Waals surface area contributed by atoms with Crippen LogP contribution in [-0.4, -0.2) is 19.1 Å². The molecule has 0 amide bonds. The van der Waals surface area contributed by atoms with E-state index in [1.54, 1.807) is 24.3 Å². The van der Waals surface area contributed by atoms with Gasteiger partial charge in [-0.3, -0.25) is 28.7 Å². The first kappa shape index (κ1) is 17.1. The molecule has 1 unspecified atom stereocenters. The first-order valence-corrected chi connectivity index (χ1v) is 8.36. The predicted molar refractivity (Wildman–Crippen MR) is 100 cm³/mol. The van der Waals surface area contributed by atoms with E-state index in [1.807, 2.05) is 0 Å². The van der Waals surface area contributed by atoms with E-state index in [4.69, 9.17) is 11.6 Å². The SMILES string of the molecule is Cn1c2c(c(=O)n(C)c1=O)C(c1ccc(Cl)cc1)c1c([nH]c(=O)[nH]c1=O)N2. The molecule has 138 valence electrons. The van der Waals surface area contributed by atoms with Crippen LogP contribution in [0, 0.1) is 0 Å². The molecule has 27 heavy (non-hydrogen) atoms. The third-order valence-corrected chi connectivity index (χ3v) is 4.96. The molecule has 0 spiro atoms. The van der Waals surface area contributed by atoms with Crippen molar-refractivity contribution >= 4 is 23.2 Å². The van der Waals surface area contributed by atoms with Crippen molar-refractivity contribution in [2.24, 2.45) is 14.1 Å². The van der Waals surface area contributed by atoms with Crippen molar-refractivity contribution in [2.45, 2.75) is 5.92 Å². The summed E-state index contributed by atoms with van der Waals surface area (Å²) in [5.41, 5.74) is -1.35. The number of nitrogens with one attached hydrogen (secondary N) is 3. The number of hydrogen-bond donors (Lipinski definition) is 3. The Bertz CT molecular complexity index is 1310. The van der Waals surface area contributed by atoms with Crippen molar-refractivity contribution in [3.8, 4) is 0 Å². The van der Waals surface area contributed by atoms with E-state index in [0.29, 0.717) is 10.6 Å². The van der Waals surface area contributed by atoms with Crippen LogP contribution in [0.4, 0.5) is 11.6 Å². The van der Waals surface area contributed by atoms with Crippen molar-refractivity contribution < 1.29 is 0 Å². The molecule has 1 atom stereocenters. The third-order valence-electron chi connectivity index (χ3n) is 4.70. The number of H-pyrrole nitrogens is 2. The minimum Gasteiger partial charge on any atom is -0.327 e. The van der Waals surface area contributed by atoms with E-state index in [2.05, 4.69) is 15.3 Å². The minimum absolute atomic E-state index is 0.138. The second kappa shape index (κ2) is 5.85. The summed E-state index contributed by atoms with van der Waals surface area (Å²) in [6.07, 6.45) is 0. The zero-order valence-electron chi connectivity index (χ0n) is 14.3. The van der Waals surface area contributed by atoms with Gasteiger partial charge in [0.2, 0.25) is 0 Å². The van der Waals surface area contributed by atoms with Crippen molar-refractivity contribution in [3.63, 3.8) is 0 Å². The summed E-state index contributed by atoms with van der Waals surface area (Å²) in [5, 5.41) is 3.36. The first-order valence-electron chi connectivity index (χ1n) is 7.98. The number of rotatable bonds is 1. The zero-order chi connectivity index (χ0) is 19.5. The molecule has 0 fully saturated rings. The number of hydrogen-bond acceptors (Lipinski definition) is 5. The molecule has 3 heterocycles. The summed E-state index contributed by atoms with van der Waals surface area (Å²) in [6, 6.07) is 6.68. The van der Waals surface area contributed by atoms with Gasteiger partial charge in [-0.2, -0.15) is 0 Å². The molecule has 0 bridgehead atoms. The summed E-state index contributed by atoms with van der Waals surface area (Å²) in [7, 11) is 2.87. The van der Waals surface area contributed by atoms with Crippen LogP contribution in [0.25, 0.3) is 0 Å². The lowest BCUT2D eigenvalue weighted by Crippen LogP contribution is -2.44. The van der Waals surface area contributed by atoms with Crippen LogP contribution in [0.1, 0.15) is 22.6 Å². The summed E-state index contributed by atoms with van der Waals surface area (Å²) in [6.45, 7) is 0. The fourth-order valence-corrected chi connectivity index (χ4v) is 3.53. The summed E-state index contributed by atoms with van der Waals surface area (Å²) < 4.78 is 2.25. The largest absolute Gasteiger partial charge is 0.332 e. The Morgan fingerprint density at radius 2 is 1.59 bits per heavy atom. The Labute approximate surface area is 155 Å². The Balaban J connectivity index is 2.17. The van der Waals surface area contributed by atoms with Gasteiger partial charge in [0.05, 0.1) is 17.0 Å². The van der Waals surface area contributed by atoms with Crippen molar-refractivity contribution in [3.05, 3.63) is 87.7 Å². The van der Waals surface area contributed by atoms with Crippen LogP contribution in [0.2, 0.25) is 5.02 Å². The van der Waals surface area contributed by atoms with Crippen LogP contribution in [0.3, 0.4) is 0 Å². The number of halogens is 1. The Morgan fingerprint density at radius 1 is 0.926 bits per heavy atom. The van der Waals surface area contributed by atoms with Crippen LogP contribution < -0.4 is 27.8 Å². The summed E-state index contributed by atoms with van der Waals surface area (Å²) >= 11 is 5.97. The maximum Gasteiger partial charge on any atom is 0.332 e. The lowest BCUT2D eigenvalue weighted by Gasteiger charge is -2.29. The third kappa shape index (κ3) is 2.47. The van der Waals surface area contributed by atoms with Gasteiger partial charge >= 0.3 is 11.4 Å². The maximum atomic E-state index is 12.9. The molecule has 0 aliphatic carbocycles. The van der Waals surface area contributed by atoms with Crippen LogP contribution >= 0.6 is 11.6 Å². The fraction of sp³-hybridized carbons (Fsp3) is 0.176. The highest BCUT2D eigenvalue weighted by Crippen LogP contribution is 2.39. The zero-order valence-corrected chi connectivity index (χ0v) is 15.0.